The zero-order valence-corrected chi connectivity index (χ0v) is 13.1. The molecule has 0 spiro atoms. The number of nitrogens with one attached hydrogen (secondary N) is 1. The van der Waals surface area contributed by atoms with Crippen LogP contribution in [0.2, 0.25) is 5.22 Å². The van der Waals surface area contributed by atoms with Crippen molar-refractivity contribution in [2.24, 2.45) is 0 Å². The maximum atomic E-state index is 12.4. The highest BCUT2D eigenvalue weighted by molar-refractivity contribution is 6.29. The number of rotatable bonds is 3. The van der Waals surface area contributed by atoms with Crippen LogP contribution in [0, 0.1) is 13.8 Å². The van der Waals surface area contributed by atoms with Gasteiger partial charge in [0.2, 0.25) is 11.1 Å². The number of amides is 1. The van der Waals surface area contributed by atoms with Crippen LogP contribution < -0.4 is 0 Å². The predicted molar refractivity (Wildman–Crippen MR) is 76.3 cm³/mol. The molecule has 0 unspecified atom stereocenters. The van der Waals surface area contributed by atoms with E-state index in [0.29, 0.717) is 42.6 Å². The van der Waals surface area contributed by atoms with E-state index in [4.69, 9.17) is 20.9 Å². The maximum Gasteiger partial charge on any atom is 0.229 e. The minimum Gasteiger partial charge on any atom is -0.366 e. The van der Waals surface area contributed by atoms with Gasteiger partial charge in [0.1, 0.15) is 11.9 Å². The molecule has 1 N–H and O–H groups in total. The fourth-order valence-corrected chi connectivity index (χ4v) is 2.60. The van der Waals surface area contributed by atoms with Crippen LogP contribution in [0.5, 0.6) is 0 Å². The van der Waals surface area contributed by atoms with Crippen molar-refractivity contribution in [3.8, 4) is 0 Å². The van der Waals surface area contributed by atoms with Crippen LogP contribution in [0.4, 0.5) is 0 Å². The minimum atomic E-state index is -0.318. The van der Waals surface area contributed by atoms with Gasteiger partial charge in [-0.3, -0.25) is 9.89 Å². The number of carbonyl (C=O) groups excluding carboxylic acids is 1. The molecule has 1 atom stereocenters. The van der Waals surface area contributed by atoms with E-state index in [1.165, 1.54) is 0 Å². The van der Waals surface area contributed by atoms with Crippen molar-refractivity contribution in [2.75, 3.05) is 19.7 Å². The number of aromatic amines is 1. The lowest BCUT2D eigenvalue weighted by Gasteiger charge is -2.31. The first-order valence-electron chi connectivity index (χ1n) is 6.93. The van der Waals surface area contributed by atoms with Gasteiger partial charge in [-0.25, -0.2) is 4.98 Å². The molecular weight excluding hydrogens is 310 g/mol. The first-order valence-corrected chi connectivity index (χ1v) is 7.31. The van der Waals surface area contributed by atoms with E-state index < -0.39 is 0 Å². The molecule has 2 aromatic heterocycles. The minimum absolute atomic E-state index is 0.0474. The molecule has 22 heavy (non-hydrogen) atoms. The van der Waals surface area contributed by atoms with Crippen LogP contribution in [0.3, 0.4) is 0 Å². The molecule has 0 bridgehead atoms. The number of aromatic nitrogens is 4. The highest BCUT2D eigenvalue weighted by Crippen LogP contribution is 2.23. The quantitative estimate of drug-likeness (QED) is 0.911. The summed E-state index contributed by atoms with van der Waals surface area (Å²) in [5, 5.41) is 10.8. The molecular formula is C13H16ClN5O3. The first kappa shape index (κ1) is 15.0. The van der Waals surface area contributed by atoms with E-state index in [-0.39, 0.29) is 23.7 Å². The molecule has 1 fully saturated rings. The Kier molecular flexibility index (Phi) is 4.12. The van der Waals surface area contributed by atoms with Gasteiger partial charge in [-0.05, 0) is 25.4 Å². The fourth-order valence-electron chi connectivity index (χ4n) is 2.36. The second-order valence-corrected chi connectivity index (χ2v) is 5.52. The third-order valence-corrected chi connectivity index (χ3v) is 3.88. The Labute approximate surface area is 131 Å². The van der Waals surface area contributed by atoms with Gasteiger partial charge in [0, 0.05) is 12.1 Å². The van der Waals surface area contributed by atoms with E-state index in [1.807, 2.05) is 6.92 Å². The number of nitrogens with zero attached hydrogens (tertiary/aromatic N) is 4. The fraction of sp³-hybridized carbons (Fsp3) is 0.538. The molecule has 1 amide bonds. The second-order valence-electron chi connectivity index (χ2n) is 5.18. The molecule has 0 radical (unpaired) electrons. The molecule has 0 aliphatic carbocycles. The van der Waals surface area contributed by atoms with Crippen LogP contribution >= 0.6 is 11.6 Å². The molecule has 0 saturated carbocycles. The van der Waals surface area contributed by atoms with Crippen LogP contribution in [-0.4, -0.2) is 50.8 Å². The van der Waals surface area contributed by atoms with Gasteiger partial charge < -0.3 is 14.2 Å². The van der Waals surface area contributed by atoms with Crippen molar-refractivity contribution in [3.63, 3.8) is 0 Å². The summed E-state index contributed by atoms with van der Waals surface area (Å²) in [6.07, 6.45) is -0.157. The maximum absolute atomic E-state index is 12.4. The topological polar surface area (TPSA) is 97.1 Å². The zero-order valence-electron chi connectivity index (χ0n) is 12.3. The second kappa shape index (κ2) is 6.05. The SMILES string of the molecule is Cc1nc([C@H]2CN(C(=O)Cc3c(C)noc3Cl)CCO2)n[nH]1. The van der Waals surface area contributed by atoms with Gasteiger partial charge in [0.05, 0.1) is 25.3 Å². The molecule has 8 nitrogen and oxygen atoms in total. The van der Waals surface area contributed by atoms with Gasteiger partial charge in [-0.2, -0.15) is 5.10 Å². The van der Waals surface area contributed by atoms with Gasteiger partial charge in [0.25, 0.3) is 0 Å². The van der Waals surface area contributed by atoms with Crippen LogP contribution in [0.1, 0.15) is 29.0 Å². The molecule has 1 saturated heterocycles. The third-order valence-electron chi connectivity index (χ3n) is 3.59. The summed E-state index contributed by atoms with van der Waals surface area (Å²) in [5.41, 5.74) is 1.26. The van der Waals surface area contributed by atoms with E-state index in [2.05, 4.69) is 20.3 Å². The average molecular weight is 326 g/mol. The Morgan fingerprint density at radius 1 is 1.50 bits per heavy atom. The largest absolute Gasteiger partial charge is 0.366 e. The third kappa shape index (κ3) is 2.97. The first-order chi connectivity index (χ1) is 10.5. The van der Waals surface area contributed by atoms with Crippen molar-refractivity contribution >= 4 is 17.5 Å². The van der Waals surface area contributed by atoms with E-state index in [0.717, 1.165) is 0 Å². The van der Waals surface area contributed by atoms with E-state index >= 15 is 0 Å². The number of carbonyl (C=O) groups is 1. The summed E-state index contributed by atoms with van der Waals surface area (Å²) in [6, 6.07) is 0. The van der Waals surface area contributed by atoms with Crippen molar-refractivity contribution in [1.82, 2.24) is 25.2 Å². The number of H-pyrrole nitrogens is 1. The smallest absolute Gasteiger partial charge is 0.229 e. The molecule has 1 aliphatic heterocycles. The summed E-state index contributed by atoms with van der Waals surface area (Å²) in [6.45, 7) is 4.97. The molecule has 3 rings (SSSR count). The normalized spacial score (nSPS) is 18.7. The molecule has 118 valence electrons. The highest BCUT2D eigenvalue weighted by Gasteiger charge is 2.29. The van der Waals surface area contributed by atoms with Crippen molar-refractivity contribution < 1.29 is 14.1 Å². The standard InChI is InChI=1S/C13H16ClN5O3/c1-7-9(12(14)22-18-7)5-11(20)19-3-4-21-10(6-19)13-15-8(2)16-17-13/h10H,3-6H2,1-2H3,(H,15,16,17)/t10-/m1/s1. The number of hydrogen-bond acceptors (Lipinski definition) is 6. The van der Waals surface area contributed by atoms with Crippen molar-refractivity contribution in [1.29, 1.82) is 0 Å². The number of halogens is 1. The van der Waals surface area contributed by atoms with E-state index in [9.17, 15) is 4.79 Å². The highest BCUT2D eigenvalue weighted by atomic mass is 35.5. The monoisotopic (exact) mass is 325 g/mol. The Hall–Kier alpha value is -1.93. The summed E-state index contributed by atoms with van der Waals surface area (Å²) in [7, 11) is 0. The van der Waals surface area contributed by atoms with E-state index in [1.54, 1.807) is 11.8 Å². The average Bonchev–Trinajstić information content (AvgIpc) is 3.08. The zero-order chi connectivity index (χ0) is 15.7. The number of ether oxygens (including phenoxy) is 1. The number of aryl methyl sites for hydroxylation is 2. The lowest BCUT2D eigenvalue weighted by Crippen LogP contribution is -2.43. The van der Waals surface area contributed by atoms with Gasteiger partial charge in [0.15, 0.2) is 5.82 Å². The Morgan fingerprint density at radius 3 is 2.95 bits per heavy atom. The van der Waals surface area contributed by atoms with Crippen LogP contribution in [0.25, 0.3) is 0 Å². The van der Waals surface area contributed by atoms with Gasteiger partial charge >= 0.3 is 0 Å². The lowest BCUT2D eigenvalue weighted by molar-refractivity contribution is -0.138. The summed E-state index contributed by atoms with van der Waals surface area (Å²) in [4.78, 5) is 18.4. The Morgan fingerprint density at radius 2 is 2.32 bits per heavy atom. The molecule has 3 heterocycles. The summed E-state index contributed by atoms with van der Waals surface area (Å²) < 4.78 is 10.5. The number of morpholine rings is 1. The van der Waals surface area contributed by atoms with Crippen LogP contribution in [0.15, 0.2) is 4.52 Å². The van der Waals surface area contributed by atoms with Crippen LogP contribution in [-0.2, 0) is 16.0 Å². The molecule has 0 aromatic carbocycles. The van der Waals surface area contributed by atoms with Gasteiger partial charge in [-0.15, -0.1) is 0 Å². The Bertz CT molecular complexity index is 664. The van der Waals surface area contributed by atoms with Crippen molar-refractivity contribution in [2.45, 2.75) is 26.4 Å². The molecule has 1 aliphatic rings. The molecule has 9 heteroatoms. The molecule has 2 aromatic rings. The number of hydrogen-bond donors (Lipinski definition) is 1. The summed E-state index contributed by atoms with van der Waals surface area (Å²) in [5.74, 6) is 1.23. The lowest BCUT2D eigenvalue weighted by atomic mass is 10.1. The van der Waals surface area contributed by atoms with Gasteiger partial charge in [-0.1, -0.05) is 5.16 Å². The Balaban J connectivity index is 1.68. The summed E-state index contributed by atoms with van der Waals surface area (Å²) >= 11 is 5.91. The predicted octanol–water partition coefficient (Wildman–Crippen LogP) is 1.21. The van der Waals surface area contributed by atoms with Crippen molar-refractivity contribution in [3.05, 3.63) is 28.1 Å².